The predicted octanol–water partition coefficient (Wildman–Crippen LogP) is 7.25. The Kier molecular flexibility index (Phi) is 6.21. The largest absolute Gasteiger partial charge is 0.507 e. The molecule has 7 heteroatoms. The van der Waals surface area contributed by atoms with Gasteiger partial charge in [-0.15, -0.1) is 0 Å². The minimum absolute atomic E-state index is 0.0343. The van der Waals surface area contributed by atoms with Crippen LogP contribution in [-0.4, -0.2) is 14.7 Å². The van der Waals surface area contributed by atoms with Crippen LogP contribution in [0.15, 0.2) is 47.3 Å². The standard InChI is InChI=1S/C27H25ClF2N2O2/c1-13(2)16-9-6-8-15(5)25(16)32-26-17(24(14(3)4)31-27(32)34)12-18(28)21(23(26)30)22-19(29)10-7-11-20(22)33/h6-14,33H,1-5H3. The van der Waals surface area contributed by atoms with Gasteiger partial charge >= 0.3 is 5.69 Å². The fraction of sp³-hybridized carbons (Fsp3) is 0.259. The van der Waals surface area contributed by atoms with Crippen molar-refractivity contribution in [1.29, 1.82) is 0 Å². The van der Waals surface area contributed by atoms with Crippen molar-refractivity contribution in [2.75, 3.05) is 0 Å². The van der Waals surface area contributed by atoms with E-state index in [4.69, 9.17) is 11.6 Å². The van der Waals surface area contributed by atoms with Crippen LogP contribution in [0.5, 0.6) is 5.75 Å². The lowest BCUT2D eigenvalue weighted by Gasteiger charge is -2.22. The summed E-state index contributed by atoms with van der Waals surface area (Å²) in [6.45, 7) is 9.50. The summed E-state index contributed by atoms with van der Waals surface area (Å²) in [5.41, 5.74) is 1.16. The van der Waals surface area contributed by atoms with Crippen LogP contribution >= 0.6 is 11.6 Å². The topological polar surface area (TPSA) is 55.1 Å². The zero-order chi connectivity index (χ0) is 24.9. The summed E-state index contributed by atoms with van der Waals surface area (Å²) in [5, 5.41) is 10.6. The smallest absolute Gasteiger partial charge is 0.353 e. The van der Waals surface area contributed by atoms with Crippen LogP contribution in [0.2, 0.25) is 5.02 Å². The fourth-order valence-electron chi connectivity index (χ4n) is 4.42. The van der Waals surface area contributed by atoms with Crippen LogP contribution in [-0.2, 0) is 0 Å². The number of benzene rings is 3. The van der Waals surface area contributed by atoms with E-state index < -0.39 is 23.1 Å². The fourth-order valence-corrected chi connectivity index (χ4v) is 4.71. The van der Waals surface area contributed by atoms with Crippen molar-refractivity contribution < 1.29 is 13.9 Å². The lowest BCUT2D eigenvalue weighted by molar-refractivity contribution is 0.471. The minimum atomic E-state index is -0.901. The van der Waals surface area contributed by atoms with Gasteiger partial charge in [0.2, 0.25) is 0 Å². The zero-order valence-corrected chi connectivity index (χ0v) is 20.3. The molecular formula is C27H25ClF2N2O2. The van der Waals surface area contributed by atoms with Crippen LogP contribution in [0, 0.1) is 18.6 Å². The molecule has 4 nitrogen and oxygen atoms in total. The van der Waals surface area contributed by atoms with Crippen molar-refractivity contribution in [2.45, 2.75) is 46.5 Å². The maximum absolute atomic E-state index is 16.5. The van der Waals surface area contributed by atoms with Crippen molar-refractivity contribution in [3.63, 3.8) is 0 Å². The number of phenols is 1. The van der Waals surface area contributed by atoms with Crippen LogP contribution in [0.1, 0.15) is 56.4 Å². The number of phenolic OH excluding ortho intramolecular Hbond substituents is 1. The van der Waals surface area contributed by atoms with Gasteiger partial charge in [-0.05, 0) is 48.1 Å². The van der Waals surface area contributed by atoms with Gasteiger partial charge in [-0.25, -0.2) is 13.6 Å². The number of hydrogen-bond acceptors (Lipinski definition) is 3. The number of aromatic hydroxyl groups is 1. The molecule has 0 aliphatic heterocycles. The van der Waals surface area contributed by atoms with Crippen molar-refractivity contribution in [3.8, 4) is 22.6 Å². The highest BCUT2D eigenvalue weighted by Crippen LogP contribution is 2.42. The monoisotopic (exact) mass is 482 g/mol. The van der Waals surface area contributed by atoms with Crippen molar-refractivity contribution in [3.05, 3.63) is 86.4 Å². The molecule has 0 amide bonds. The summed E-state index contributed by atoms with van der Waals surface area (Å²) >= 11 is 6.48. The average Bonchev–Trinajstić information content (AvgIpc) is 2.75. The van der Waals surface area contributed by atoms with Gasteiger partial charge in [-0.3, -0.25) is 4.57 Å². The third-order valence-corrected chi connectivity index (χ3v) is 6.30. The second kappa shape index (κ2) is 8.84. The van der Waals surface area contributed by atoms with Gasteiger partial charge in [0.1, 0.15) is 11.6 Å². The van der Waals surface area contributed by atoms with Crippen molar-refractivity contribution >= 4 is 22.5 Å². The quantitative estimate of drug-likeness (QED) is 0.333. The molecule has 0 spiro atoms. The molecule has 4 rings (SSSR count). The summed E-state index contributed by atoms with van der Waals surface area (Å²) in [6, 6.07) is 10.8. The first kappa shape index (κ1) is 23.9. The first-order valence-corrected chi connectivity index (χ1v) is 11.4. The number of rotatable bonds is 4. The molecule has 0 atom stereocenters. The maximum atomic E-state index is 16.5. The van der Waals surface area contributed by atoms with E-state index in [2.05, 4.69) is 4.98 Å². The molecule has 0 saturated carbocycles. The summed E-state index contributed by atoms with van der Waals surface area (Å²) in [6.07, 6.45) is 0. The van der Waals surface area contributed by atoms with Crippen LogP contribution in [0.3, 0.4) is 0 Å². The van der Waals surface area contributed by atoms with E-state index in [1.807, 2.05) is 52.8 Å². The first-order valence-electron chi connectivity index (χ1n) is 11.1. The normalized spacial score (nSPS) is 11.7. The molecule has 0 saturated heterocycles. The molecule has 1 aromatic heterocycles. The number of hydrogen-bond donors (Lipinski definition) is 1. The van der Waals surface area contributed by atoms with E-state index in [1.165, 1.54) is 22.8 Å². The Morgan fingerprint density at radius 1 is 1.00 bits per heavy atom. The number of halogens is 3. The second-order valence-corrected chi connectivity index (χ2v) is 9.42. The zero-order valence-electron chi connectivity index (χ0n) is 19.6. The molecule has 0 unspecified atom stereocenters. The molecule has 176 valence electrons. The number of aryl methyl sites for hydroxylation is 1. The maximum Gasteiger partial charge on any atom is 0.353 e. The van der Waals surface area contributed by atoms with Crippen molar-refractivity contribution in [2.24, 2.45) is 0 Å². The van der Waals surface area contributed by atoms with Crippen LogP contribution < -0.4 is 5.69 Å². The Labute approximate surface area is 201 Å². The van der Waals surface area contributed by atoms with Gasteiger partial charge in [0.25, 0.3) is 0 Å². The molecule has 0 bridgehead atoms. The van der Waals surface area contributed by atoms with Gasteiger partial charge in [0.15, 0.2) is 5.82 Å². The molecule has 1 heterocycles. The van der Waals surface area contributed by atoms with Gasteiger partial charge in [0.05, 0.1) is 27.5 Å². The van der Waals surface area contributed by atoms with E-state index in [0.29, 0.717) is 16.8 Å². The summed E-state index contributed by atoms with van der Waals surface area (Å²) in [7, 11) is 0. The first-order chi connectivity index (χ1) is 16.0. The minimum Gasteiger partial charge on any atom is -0.507 e. The van der Waals surface area contributed by atoms with Gasteiger partial charge in [-0.1, -0.05) is 63.6 Å². The third-order valence-electron chi connectivity index (χ3n) is 6.00. The Morgan fingerprint density at radius 3 is 2.29 bits per heavy atom. The summed E-state index contributed by atoms with van der Waals surface area (Å²) in [5.74, 6) is -2.35. The average molecular weight is 483 g/mol. The second-order valence-electron chi connectivity index (χ2n) is 9.01. The molecule has 0 fully saturated rings. The molecule has 1 N–H and O–H groups in total. The molecule has 3 aromatic carbocycles. The molecule has 0 aliphatic carbocycles. The third kappa shape index (κ3) is 3.76. The Balaban J connectivity index is 2.29. The SMILES string of the molecule is Cc1cccc(C(C)C)c1-n1c(=O)nc(C(C)C)c2cc(Cl)c(-c3c(O)cccc3F)c(F)c21. The molecule has 0 aliphatic rings. The lowest BCUT2D eigenvalue weighted by Crippen LogP contribution is -2.26. The van der Waals surface area contributed by atoms with E-state index in [0.717, 1.165) is 17.2 Å². The number of fused-ring (bicyclic) bond motifs is 1. The number of nitrogens with zero attached hydrogens (tertiary/aromatic N) is 2. The Bertz CT molecular complexity index is 1470. The highest BCUT2D eigenvalue weighted by molar-refractivity contribution is 6.34. The van der Waals surface area contributed by atoms with Gasteiger partial charge in [-0.2, -0.15) is 4.98 Å². The number of para-hydroxylation sites is 1. The Hall–Kier alpha value is -3.25. The van der Waals surface area contributed by atoms with Gasteiger partial charge < -0.3 is 5.11 Å². The summed E-state index contributed by atoms with van der Waals surface area (Å²) < 4.78 is 32.5. The highest BCUT2D eigenvalue weighted by atomic mass is 35.5. The molecular weight excluding hydrogens is 458 g/mol. The van der Waals surface area contributed by atoms with E-state index in [9.17, 15) is 14.3 Å². The van der Waals surface area contributed by atoms with Crippen LogP contribution in [0.25, 0.3) is 27.7 Å². The van der Waals surface area contributed by atoms with Crippen LogP contribution in [0.4, 0.5) is 8.78 Å². The van der Waals surface area contributed by atoms with Crippen molar-refractivity contribution in [1.82, 2.24) is 9.55 Å². The molecule has 34 heavy (non-hydrogen) atoms. The Morgan fingerprint density at radius 2 is 1.68 bits per heavy atom. The molecule has 4 aromatic rings. The van der Waals surface area contributed by atoms with E-state index >= 15 is 4.39 Å². The number of aromatic nitrogens is 2. The lowest BCUT2D eigenvalue weighted by atomic mass is 9.95. The molecule has 0 radical (unpaired) electrons. The summed E-state index contributed by atoms with van der Waals surface area (Å²) in [4.78, 5) is 17.7. The van der Waals surface area contributed by atoms with Gasteiger partial charge in [0, 0.05) is 10.9 Å². The highest BCUT2D eigenvalue weighted by Gasteiger charge is 2.27. The van der Waals surface area contributed by atoms with E-state index in [1.54, 1.807) is 0 Å². The van der Waals surface area contributed by atoms with E-state index in [-0.39, 0.29) is 33.5 Å². The predicted molar refractivity (Wildman–Crippen MR) is 132 cm³/mol.